The zero-order valence-electron chi connectivity index (χ0n) is 19.1. The molecule has 0 atom stereocenters. The van der Waals surface area contributed by atoms with Gasteiger partial charge >= 0.3 is 5.97 Å². The first-order chi connectivity index (χ1) is 17.4. The quantitative estimate of drug-likeness (QED) is 0.336. The van der Waals surface area contributed by atoms with Gasteiger partial charge in [0.1, 0.15) is 5.04 Å². The minimum atomic E-state index is -0.966. The van der Waals surface area contributed by atoms with E-state index < -0.39 is 5.97 Å². The average Bonchev–Trinajstić information content (AvgIpc) is 2.92. The number of nitrogens with zero attached hydrogens (tertiary/aromatic N) is 1. The number of carbonyl (C=O) groups excluding carboxylic acids is 2. The number of amides is 2. The van der Waals surface area contributed by atoms with E-state index in [1.54, 1.807) is 55.7 Å². The first kappa shape index (κ1) is 25.6. The number of hydrogen-bond acceptors (Lipinski definition) is 7. The van der Waals surface area contributed by atoms with Crippen LogP contribution in [-0.4, -0.2) is 41.5 Å². The molecule has 0 fully saturated rings. The summed E-state index contributed by atoms with van der Waals surface area (Å²) < 4.78 is 0. The Morgan fingerprint density at radius 2 is 1.58 bits per heavy atom. The van der Waals surface area contributed by atoms with Crippen molar-refractivity contribution in [2.75, 3.05) is 13.6 Å². The van der Waals surface area contributed by atoms with Crippen LogP contribution in [0, 0.1) is 0 Å². The second kappa shape index (κ2) is 12.0. The highest BCUT2D eigenvalue weighted by molar-refractivity contribution is 8.83. The number of aromatic carboxylic acids is 1. The van der Waals surface area contributed by atoms with Gasteiger partial charge in [-0.15, -0.1) is 0 Å². The first-order valence-corrected chi connectivity index (χ1v) is 13.7. The number of carbonyl (C=O) groups is 3. The van der Waals surface area contributed by atoms with Crippen molar-refractivity contribution in [1.82, 2.24) is 10.6 Å². The molecule has 3 N–H and O–H groups in total. The minimum Gasteiger partial charge on any atom is -0.478 e. The summed E-state index contributed by atoms with van der Waals surface area (Å²) >= 11 is 1.46. The van der Waals surface area contributed by atoms with Crippen molar-refractivity contribution in [1.29, 1.82) is 0 Å². The summed E-state index contributed by atoms with van der Waals surface area (Å²) in [4.78, 5) is 42.8. The third-order valence-corrected chi connectivity index (χ3v) is 8.55. The Labute approximate surface area is 220 Å². The second-order valence-corrected chi connectivity index (χ2v) is 10.8. The molecule has 1 aliphatic heterocycles. The smallest absolute Gasteiger partial charge is 0.335 e. The van der Waals surface area contributed by atoms with Crippen LogP contribution in [-0.2, 0) is 0 Å². The van der Waals surface area contributed by atoms with Gasteiger partial charge in [0.05, 0.1) is 17.7 Å². The third-order valence-electron chi connectivity index (χ3n) is 5.06. The van der Waals surface area contributed by atoms with Gasteiger partial charge in [0, 0.05) is 39.1 Å². The number of hydrogen-bond donors (Lipinski definition) is 3. The van der Waals surface area contributed by atoms with Crippen LogP contribution in [0.4, 0.5) is 0 Å². The van der Waals surface area contributed by atoms with Gasteiger partial charge in [-0.25, -0.2) is 9.79 Å². The maximum Gasteiger partial charge on any atom is 0.335 e. The zero-order chi connectivity index (χ0) is 25.5. The predicted octanol–water partition coefficient (Wildman–Crippen LogP) is 5.31. The highest BCUT2D eigenvalue weighted by Gasteiger charge is 2.15. The zero-order valence-corrected chi connectivity index (χ0v) is 21.5. The molecule has 0 radical (unpaired) electrons. The highest BCUT2D eigenvalue weighted by atomic mass is 33.1. The second-order valence-electron chi connectivity index (χ2n) is 7.46. The number of rotatable bonds is 8. The fourth-order valence-electron chi connectivity index (χ4n) is 3.17. The van der Waals surface area contributed by atoms with Crippen LogP contribution in [0.2, 0.25) is 0 Å². The lowest BCUT2D eigenvalue weighted by Crippen LogP contribution is -2.25. The van der Waals surface area contributed by atoms with Gasteiger partial charge in [-0.2, -0.15) is 0 Å². The summed E-state index contributed by atoms with van der Waals surface area (Å²) in [5.74, 6) is -1.30. The Kier molecular flexibility index (Phi) is 8.52. The van der Waals surface area contributed by atoms with E-state index in [4.69, 9.17) is 5.11 Å². The van der Waals surface area contributed by atoms with E-state index in [0.29, 0.717) is 17.7 Å². The summed E-state index contributed by atoms with van der Waals surface area (Å²) in [5, 5.41) is 15.4. The van der Waals surface area contributed by atoms with E-state index in [9.17, 15) is 14.4 Å². The molecular formula is C26H21N3O4S3. The summed E-state index contributed by atoms with van der Waals surface area (Å²) in [6.45, 7) is 0.348. The molecule has 0 saturated heterocycles. The van der Waals surface area contributed by atoms with Crippen molar-refractivity contribution in [2.45, 2.75) is 9.79 Å². The Balaban J connectivity index is 1.33. The van der Waals surface area contributed by atoms with Gasteiger partial charge < -0.3 is 15.7 Å². The van der Waals surface area contributed by atoms with Crippen molar-refractivity contribution < 1.29 is 19.5 Å². The molecular weight excluding hydrogens is 515 g/mol. The Bertz CT molecular complexity index is 1350. The fourth-order valence-corrected chi connectivity index (χ4v) is 6.13. The van der Waals surface area contributed by atoms with Crippen molar-refractivity contribution >= 4 is 56.2 Å². The topological polar surface area (TPSA) is 108 Å². The lowest BCUT2D eigenvalue weighted by Gasteiger charge is -2.13. The van der Waals surface area contributed by atoms with Crippen LogP contribution < -0.4 is 10.6 Å². The van der Waals surface area contributed by atoms with Crippen molar-refractivity contribution in [3.05, 3.63) is 106 Å². The van der Waals surface area contributed by atoms with Gasteiger partial charge in [0.2, 0.25) is 0 Å². The molecule has 36 heavy (non-hydrogen) atoms. The van der Waals surface area contributed by atoms with Crippen molar-refractivity contribution in [2.24, 2.45) is 4.99 Å². The van der Waals surface area contributed by atoms with Gasteiger partial charge in [-0.3, -0.25) is 9.59 Å². The summed E-state index contributed by atoms with van der Waals surface area (Å²) in [6.07, 6.45) is 1.71. The van der Waals surface area contributed by atoms with Crippen LogP contribution >= 0.6 is 33.3 Å². The number of aliphatic imine (C=N–C) groups is 1. The molecule has 7 nitrogen and oxygen atoms in total. The number of carboxylic acid groups (broad SMARTS) is 1. The SMILES string of the molecule is CNC(=O)c1ccccc1Sc1ccc(C(=O)NCC2=CN=C(c3ccc(C(=O)O)cc3)SS2)cc1. The molecule has 0 spiro atoms. The van der Waals surface area contributed by atoms with Crippen LogP contribution in [0.1, 0.15) is 36.6 Å². The molecule has 10 heteroatoms. The maximum atomic E-state index is 12.6. The van der Waals surface area contributed by atoms with Crippen LogP contribution in [0.5, 0.6) is 0 Å². The third kappa shape index (κ3) is 6.39. The largest absolute Gasteiger partial charge is 0.478 e. The molecule has 0 bridgehead atoms. The minimum absolute atomic E-state index is 0.144. The van der Waals surface area contributed by atoms with Gasteiger partial charge in [-0.1, -0.05) is 46.8 Å². The van der Waals surface area contributed by atoms with E-state index in [-0.39, 0.29) is 17.4 Å². The number of benzene rings is 3. The Hall–Kier alpha value is -3.47. The van der Waals surface area contributed by atoms with Gasteiger partial charge in [0.15, 0.2) is 0 Å². The normalized spacial score (nSPS) is 12.8. The number of carboxylic acids is 1. The highest BCUT2D eigenvalue weighted by Crippen LogP contribution is 2.37. The standard InChI is InChI=1S/C26H21N3O4S3/c1-27-24(31)21-4-2-3-5-22(21)34-19-12-10-16(11-13-19)23(30)28-14-20-15-29-25(36-35-20)17-6-8-18(9-7-17)26(32)33/h2-13,15H,14H2,1H3,(H,27,31)(H,28,30)(H,32,33). The van der Waals surface area contributed by atoms with E-state index in [0.717, 1.165) is 25.3 Å². The van der Waals surface area contributed by atoms with Crippen molar-refractivity contribution in [3.63, 3.8) is 0 Å². The van der Waals surface area contributed by atoms with E-state index in [1.807, 2.05) is 30.3 Å². The average molecular weight is 536 g/mol. The number of nitrogens with one attached hydrogen (secondary N) is 2. The molecule has 0 aliphatic carbocycles. The van der Waals surface area contributed by atoms with E-state index >= 15 is 0 Å². The monoisotopic (exact) mass is 535 g/mol. The molecule has 182 valence electrons. The van der Waals surface area contributed by atoms with E-state index in [2.05, 4.69) is 15.6 Å². The van der Waals surface area contributed by atoms with Gasteiger partial charge in [-0.05, 0) is 59.3 Å². The lowest BCUT2D eigenvalue weighted by atomic mass is 10.1. The molecule has 0 aromatic heterocycles. The molecule has 1 heterocycles. The molecule has 2 amide bonds. The van der Waals surface area contributed by atoms with Gasteiger partial charge in [0.25, 0.3) is 11.8 Å². The summed E-state index contributed by atoms with van der Waals surface area (Å²) in [6, 6.07) is 21.2. The molecule has 1 aliphatic rings. The summed E-state index contributed by atoms with van der Waals surface area (Å²) in [7, 11) is 4.57. The molecule has 4 rings (SSSR count). The fraction of sp³-hybridized carbons (Fsp3) is 0.0769. The predicted molar refractivity (Wildman–Crippen MR) is 146 cm³/mol. The maximum absolute atomic E-state index is 12.6. The molecule has 0 unspecified atom stereocenters. The first-order valence-electron chi connectivity index (χ1n) is 10.8. The summed E-state index contributed by atoms with van der Waals surface area (Å²) in [5.41, 5.74) is 2.21. The van der Waals surface area contributed by atoms with Crippen LogP contribution in [0.15, 0.2) is 98.7 Å². The Morgan fingerprint density at radius 3 is 2.22 bits per heavy atom. The molecule has 3 aromatic carbocycles. The lowest BCUT2D eigenvalue weighted by molar-refractivity contribution is 0.0696. The molecule has 0 saturated carbocycles. The molecule has 3 aromatic rings. The van der Waals surface area contributed by atoms with Crippen molar-refractivity contribution in [3.8, 4) is 0 Å². The van der Waals surface area contributed by atoms with Crippen LogP contribution in [0.3, 0.4) is 0 Å². The van der Waals surface area contributed by atoms with E-state index in [1.165, 1.54) is 33.3 Å². The Morgan fingerprint density at radius 1 is 0.889 bits per heavy atom. The van der Waals surface area contributed by atoms with Crippen LogP contribution in [0.25, 0.3) is 0 Å².